The standard InChI is InChI=1S/C75H124N6O54/c1-18(90)76-35-24(96)7-75(74(115)116,135-61(35)41(98)25(97)8-82)118-17-34-45(102)47(104)37(78-20(3)92)66(126-34)129-58-30(13-87)124-69(39(49(58)106)80-22(5)94)134-64-54(111)44(101)28(11-85)122-73(64)132-62-46(103)33(127-71(56(62)113)131-60-32(15-89)123-67(38(50(60)107)79-21(4)93)128-57-29(12-86)119-65(114)36(48(57)105)77-19(2)91)16-117-72-63(53(110)43(100)27(10-84)121-72)133-68-40(81-23(6)95)51(108)59(31(14-88)125-68)130-70-55(112)52(109)42(99)26(9-83)120-70/h24-73,82-89,96-114H,7-17H2,1-6H3,(H,76,90)(H,77,91)(H,78,92)(H,79,93)(H,80,94)(H,81,95)(H,115,116)/t24-,25+,26+,27+,28+,29+,30+,31+,32+,33+,34+,35+,36+,37+,38+,39+,40+,41+,42-,43+,44+,45-,46+,47+,48+,49+,50+,51+,52-,53-,54-,55+,56-,57+,58+,59+,60+,61+,62-,63-,64-,65?,66-,67-,68-,69-,70-,71-,72-,73+,75+/m0/s1. The Labute approximate surface area is 764 Å². The van der Waals surface area contributed by atoms with E-state index in [9.17, 15) is 177 Å². The van der Waals surface area contributed by atoms with Crippen LogP contribution < -0.4 is 31.9 Å². The van der Waals surface area contributed by atoms with Crippen molar-refractivity contribution >= 4 is 41.4 Å². The lowest BCUT2D eigenvalue weighted by molar-refractivity contribution is -0.398. The van der Waals surface area contributed by atoms with Gasteiger partial charge in [-0.15, -0.1) is 0 Å². The molecule has 10 saturated heterocycles. The number of ether oxygens (including phenoxy) is 19. The summed E-state index contributed by atoms with van der Waals surface area (Å²) in [6.45, 7) is -6.27. The minimum absolute atomic E-state index is 0.817. The maximum atomic E-state index is 13.4. The quantitative estimate of drug-likeness (QED) is 0.0275. The van der Waals surface area contributed by atoms with E-state index in [1.54, 1.807) is 0 Å². The minimum atomic E-state index is -3.13. The van der Waals surface area contributed by atoms with E-state index in [-0.39, 0.29) is 0 Å². The Morgan fingerprint density at radius 3 is 1.01 bits per heavy atom. The van der Waals surface area contributed by atoms with E-state index < -0.39 is 426 Å². The molecular formula is C75H124N6O54. The van der Waals surface area contributed by atoms with Gasteiger partial charge in [0.1, 0.15) is 238 Å². The van der Waals surface area contributed by atoms with Crippen LogP contribution >= 0.6 is 0 Å². The normalized spacial score (nSPS) is 46.4. The monoisotopic (exact) mass is 1970 g/mol. The van der Waals surface area contributed by atoms with Crippen LogP contribution in [0.15, 0.2) is 0 Å². The Hall–Kier alpha value is -5.55. The van der Waals surface area contributed by atoms with Gasteiger partial charge >= 0.3 is 5.97 Å². The van der Waals surface area contributed by atoms with Gasteiger partial charge in [-0.1, -0.05) is 0 Å². The smallest absolute Gasteiger partial charge is 0.364 e. The zero-order valence-electron chi connectivity index (χ0n) is 72.8. The Balaban J connectivity index is 0.974. The summed E-state index contributed by atoms with van der Waals surface area (Å²) in [5, 5.41) is 329. The van der Waals surface area contributed by atoms with Crippen molar-refractivity contribution < 1.29 is 267 Å². The summed E-state index contributed by atoms with van der Waals surface area (Å²) in [5.74, 6) is -10.9. The number of carboxylic acids is 1. The van der Waals surface area contributed by atoms with Gasteiger partial charge < -0.3 is 265 Å². The highest BCUT2D eigenvalue weighted by atomic mass is 16.8. The van der Waals surface area contributed by atoms with Crippen molar-refractivity contribution in [2.24, 2.45) is 0 Å². The van der Waals surface area contributed by atoms with Crippen LogP contribution in [-0.2, 0) is 124 Å². The fourth-order valence-corrected chi connectivity index (χ4v) is 17.3. The molecule has 10 heterocycles. The molecular weight excluding hydrogens is 1850 g/mol. The second-order valence-electron chi connectivity index (χ2n) is 33.9. The van der Waals surface area contributed by atoms with Crippen LogP contribution in [0.5, 0.6) is 0 Å². The second-order valence-corrected chi connectivity index (χ2v) is 33.9. The summed E-state index contributed by atoms with van der Waals surface area (Å²) < 4.78 is 113. The van der Waals surface area contributed by atoms with Gasteiger partial charge in [0.05, 0.1) is 78.2 Å². The molecule has 10 fully saturated rings. The highest BCUT2D eigenvalue weighted by molar-refractivity contribution is 5.77. The number of carbonyl (C=O) groups is 7. The molecule has 0 aromatic rings. The van der Waals surface area contributed by atoms with E-state index in [2.05, 4.69) is 31.9 Å². The molecule has 0 radical (unpaired) electrons. The lowest BCUT2D eigenvalue weighted by Crippen LogP contribution is -2.71. The van der Waals surface area contributed by atoms with Gasteiger partial charge in [0, 0.05) is 48.0 Å². The summed E-state index contributed by atoms with van der Waals surface area (Å²) >= 11 is 0. The first-order chi connectivity index (χ1) is 63.7. The molecule has 778 valence electrons. The fourth-order valence-electron chi connectivity index (χ4n) is 17.3. The number of aliphatic hydroxyl groups is 27. The van der Waals surface area contributed by atoms with Gasteiger partial charge in [0.2, 0.25) is 35.4 Å². The molecule has 60 nitrogen and oxygen atoms in total. The molecule has 1 unspecified atom stereocenters. The molecule has 51 atom stereocenters. The topological polar surface area (TPSA) is 933 Å². The molecule has 10 rings (SSSR count). The number of amides is 6. The van der Waals surface area contributed by atoms with Crippen LogP contribution in [0.1, 0.15) is 48.0 Å². The van der Waals surface area contributed by atoms with Crippen molar-refractivity contribution in [3.05, 3.63) is 0 Å². The molecule has 10 aliphatic heterocycles. The van der Waals surface area contributed by atoms with Gasteiger partial charge in [-0.05, 0) is 0 Å². The molecule has 0 aliphatic carbocycles. The van der Waals surface area contributed by atoms with Crippen LogP contribution in [0.2, 0.25) is 0 Å². The first-order valence-electron chi connectivity index (χ1n) is 42.7. The fraction of sp³-hybridized carbons (Fsp3) is 0.907. The average Bonchev–Trinajstić information content (AvgIpc) is 0.762. The van der Waals surface area contributed by atoms with Gasteiger partial charge in [-0.3, -0.25) is 28.8 Å². The summed E-state index contributed by atoms with van der Waals surface area (Å²) in [4.78, 5) is 89.9. The van der Waals surface area contributed by atoms with Crippen LogP contribution in [0, 0.1) is 0 Å². The number of aliphatic hydroxyl groups excluding tert-OH is 27. The predicted molar refractivity (Wildman–Crippen MR) is 416 cm³/mol. The molecule has 0 aromatic carbocycles. The van der Waals surface area contributed by atoms with Gasteiger partial charge in [0.25, 0.3) is 5.79 Å². The van der Waals surface area contributed by atoms with Gasteiger partial charge in [0.15, 0.2) is 56.6 Å². The lowest BCUT2D eigenvalue weighted by Gasteiger charge is -2.51. The maximum Gasteiger partial charge on any atom is 0.364 e. The minimum Gasteiger partial charge on any atom is -0.477 e. The summed E-state index contributed by atoms with van der Waals surface area (Å²) in [6, 6.07) is -11.4. The molecule has 6 amide bonds. The zero-order valence-corrected chi connectivity index (χ0v) is 72.8. The van der Waals surface area contributed by atoms with Crippen LogP contribution in [0.25, 0.3) is 0 Å². The average molecular weight is 1970 g/mol. The van der Waals surface area contributed by atoms with Crippen molar-refractivity contribution in [1.82, 2.24) is 31.9 Å². The summed E-state index contributed by atoms with van der Waals surface area (Å²) in [5.41, 5.74) is 0. The number of nitrogens with one attached hydrogen (secondary N) is 6. The van der Waals surface area contributed by atoms with E-state index in [4.69, 9.17) is 90.0 Å². The number of carbonyl (C=O) groups excluding carboxylic acids is 6. The number of rotatable bonds is 37. The number of hydrogen-bond acceptors (Lipinski definition) is 53. The maximum absolute atomic E-state index is 13.4. The van der Waals surface area contributed by atoms with E-state index in [1.807, 2.05) is 0 Å². The largest absolute Gasteiger partial charge is 0.477 e. The molecule has 34 N–H and O–H groups in total. The Bertz CT molecular complexity index is 3820. The van der Waals surface area contributed by atoms with E-state index in [0.717, 1.165) is 41.5 Å². The van der Waals surface area contributed by atoms with E-state index in [0.29, 0.717) is 0 Å². The van der Waals surface area contributed by atoms with Crippen molar-refractivity contribution in [3.8, 4) is 0 Å². The third-order valence-corrected chi connectivity index (χ3v) is 24.3. The summed E-state index contributed by atoms with van der Waals surface area (Å²) in [6.07, 6.45) is -96.9. The molecule has 0 aromatic heterocycles. The molecule has 0 saturated carbocycles. The van der Waals surface area contributed by atoms with E-state index in [1.165, 1.54) is 0 Å². The Morgan fingerprint density at radius 1 is 0.304 bits per heavy atom. The second kappa shape index (κ2) is 48.5. The van der Waals surface area contributed by atoms with Crippen molar-refractivity contribution in [2.45, 2.75) is 360 Å². The third-order valence-electron chi connectivity index (χ3n) is 24.3. The molecule has 0 bridgehead atoms. The number of hydrogen-bond donors (Lipinski definition) is 34. The van der Waals surface area contributed by atoms with E-state index >= 15 is 0 Å². The predicted octanol–water partition coefficient (Wildman–Crippen LogP) is -22.7. The molecule has 135 heavy (non-hydrogen) atoms. The zero-order chi connectivity index (χ0) is 99.9. The van der Waals surface area contributed by atoms with Gasteiger partial charge in [-0.2, -0.15) is 0 Å². The SMILES string of the molecule is CC(=O)N[C@H]1[C@H](O[C@H]2[C@H](O)[C@@H](NC(C)=O)C(O)O[C@@H]2CO)O[C@H](CO)[C@@H](O[C@@H]2O[C@H](CO[C@H]3O[C@H](CO)[C@@H](O)[C@H](O)[C@@H]3O[C@@H]3O[C@H](CO)[C@@H](O[C@@H]4O[C@H](CO)[C@H](O)[C@H](O)[C@H]4O)[C@H](O)[C@H]3NC(C)=O)[C@@H](O)[C@H](O[C@H]3O[C@H](CO)[C@@H](O)[C@H](O)[C@@H]3O[C@@H]3O[C@H](CO)[C@@H](O[C@@H]4O[C@H](CO[C@]5(C(=O)O)C[C@H](O)[C@@H](NC(C)=O)[C@H]([C@H](O)[C@H](O)CO)O5)[C@H](O)[C@H](O)[C@H]4NC(C)=O)[C@H](O)[C@H]3NC(C)=O)[C@@H]2O)[C@@H]1O. The van der Waals surface area contributed by atoms with Crippen molar-refractivity contribution in [3.63, 3.8) is 0 Å². The highest BCUT2D eigenvalue weighted by Gasteiger charge is 2.63. The molecule has 10 aliphatic rings. The van der Waals surface area contributed by atoms with Crippen LogP contribution in [-0.4, -0.2) is 563 Å². The summed E-state index contributed by atoms with van der Waals surface area (Å²) in [7, 11) is 0. The van der Waals surface area contributed by atoms with Crippen LogP contribution in [0.4, 0.5) is 0 Å². The first-order valence-corrected chi connectivity index (χ1v) is 42.7. The molecule has 0 spiro atoms. The van der Waals surface area contributed by atoms with Crippen LogP contribution in [0.3, 0.4) is 0 Å². The third kappa shape index (κ3) is 25.2. The lowest BCUT2D eigenvalue weighted by atomic mass is 9.88. The Morgan fingerprint density at radius 2 is 0.607 bits per heavy atom. The highest BCUT2D eigenvalue weighted by Crippen LogP contribution is 2.42. The molecule has 60 heteroatoms. The first kappa shape index (κ1) is 111. The Kier molecular flexibility index (Phi) is 40.0. The number of aliphatic carboxylic acids is 1. The van der Waals surface area contributed by atoms with Gasteiger partial charge in [-0.25, -0.2) is 4.79 Å². The number of carboxylic acid groups (broad SMARTS) is 1. The van der Waals surface area contributed by atoms with Crippen molar-refractivity contribution in [1.29, 1.82) is 0 Å². The van der Waals surface area contributed by atoms with Crippen molar-refractivity contribution in [2.75, 3.05) is 66.1 Å².